The number of nitrogens with two attached hydrogens (primary N) is 1. The first-order valence-electron chi connectivity index (χ1n) is 8.84. The highest BCUT2D eigenvalue weighted by Crippen LogP contribution is 2.35. The molecule has 7 nitrogen and oxygen atoms in total. The van der Waals surface area contributed by atoms with E-state index in [9.17, 15) is 9.90 Å². The summed E-state index contributed by atoms with van der Waals surface area (Å²) in [5.74, 6) is -0.818. The lowest BCUT2D eigenvalue weighted by Crippen LogP contribution is -2.26. The Morgan fingerprint density at radius 3 is 2.64 bits per heavy atom. The Balaban J connectivity index is 1.99. The molecule has 1 aliphatic heterocycles. The number of hydrogen-bond acceptors (Lipinski definition) is 5. The number of nitrogen functional groups attached to an aromatic ring is 1. The van der Waals surface area contributed by atoms with E-state index in [0.29, 0.717) is 23.8 Å². The largest absolute Gasteiger partial charge is 0.478 e. The fourth-order valence-corrected chi connectivity index (χ4v) is 3.45. The molecule has 3 aromatic rings. The topological polar surface area (TPSA) is 124 Å². The van der Waals surface area contributed by atoms with Gasteiger partial charge in [-0.15, -0.1) is 0 Å². The lowest BCUT2D eigenvalue weighted by Gasteiger charge is -2.17. The molecule has 7 heteroatoms. The van der Waals surface area contributed by atoms with Gasteiger partial charge in [0.25, 0.3) is 0 Å². The molecular weight excluding hydrogens is 354 g/mol. The van der Waals surface area contributed by atoms with Crippen molar-refractivity contribution < 1.29 is 9.90 Å². The normalized spacial score (nSPS) is 13.1. The molecule has 0 bridgehead atoms. The predicted molar refractivity (Wildman–Crippen MR) is 111 cm³/mol. The van der Waals surface area contributed by atoms with E-state index >= 15 is 0 Å². The van der Waals surface area contributed by atoms with Crippen LogP contribution in [0.3, 0.4) is 0 Å². The molecule has 0 fully saturated rings. The van der Waals surface area contributed by atoms with Crippen LogP contribution in [0.15, 0.2) is 59.6 Å². The maximum Gasteiger partial charge on any atom is 0.337 e. The van der Waals surface area contributed by atoms with Gasteiger partial charge in [-0.25, -0.2) is 4.79 Å². The van der Waals surface area contributed by atoms with Gasteiger partial charge in [-0.1, -0.05) is 42.5 Å². The number of amidine groups is 1. The zero-order valence-corrected chi connectivity index (χ0v) is 15.0. The molecule has 0 unspecified atom stereocenters. The molecule has 0 aliphatic carbocycles. The van der Waals surface area contributed by atoms with Crippen LogP contribution in [0, 0.1) is 5.41 Å². The van der Waals surface area contributed by atoms with E-state index in [1.165, 1.54) is 0 Å². The van der Waals surface area contributed by atoms with E-state index in [0.717, 1.165) is 22.9 Å². The van der Waals surface area contributed by atoms with Gasteiger partial charge in [-0.2, -0.15) is 0 Å². The highest BCUT2D eigenvalue weighted by atomic mass is 16.4. The smallest absolute Gasteiger partial charge is 0.337 e. The highest BCUT2D eigenvalue weighted by Gasteiger charge is 2.22. The molecular formula is C21H19N5O2. The minimum atomic E-state index is -1.13. The zero-order valence-electron chi connectivity index (χ0n) is 15.0. The van der Waals surface area contributed by atoms with Crippen molar-refractivity contribution in [3.63, 3.8) is 0 Å². The van der Waals surface area contributed by atoms with Gasteiger partial charge in [-0.05, 0) is 34.0 Å². The van der Waals surface area contributed by atoms with Gasteiger partial charge in [0, 0.05) is 17.8 Å². The summed E-state index contributed by atoms with van der Waals surface area (Å²) in [5.41, 5.74) is 7.79. The van der Waals surface area contributed by atoms with Gasteiger partial charge < -0.3 is 21.5 Å². The number of carboxylic acids is 1. The first-order chi connectivity index (χ1) is 13.5. The fraction of sp³-hybridized carbons (Fsp3) is 0.0952. The number of nitrogens with zero attached hydrogens (tertiary/aromatic N) is 1. The molecule has 0 amide bonds. The van der Waals surface area contributed by atoms with Gasteiger partial charge in [0.15, 0.2) is 5.96 Å². The van der Waals surface area contributed by atoms with E-state index in [2.05, 4.69) is 15.6 Å². The molecule has 28 heavy (non-hydrogen) atoms. The standard InChI is InChI=1S/C21H19N5O2/c22-19(23)17-11-13(26-21-24-8-9-25-21)10-16(18(17)20(27)28)15-7-3-5-12-4-1-2-6-14(12)15/h1-7,10-11H,8-9H2,(H3,22,23)(H,27,28)(H2,24,25,26). The SMILES string of the molecule is N=C(N)c1cc(NC2=NCCN2)cc(-c2cccc3ccccc23)c1C(=O)O. The summed E-state index contributed by atoms with van der Waals surface area (Å²) in [4.78, 5) is 16.4. The number of aromatic carboxylic acids is 1. The van der Waals surface area contributed by atoms with Crippen molar-refractivity contribution in [1.82, 2.24) is 5.32 Å². The first kappa shape index (κ1) is 17.5. The minimum absolute atomic E-state index is 0.00993. The van der Waals surface area contributed by atoms with Crippen molar-refractivity contribution in [3.05, 3.63) is 65.7 Å². The third-order valence-electron chi connectivity index (χ3n) is 4.66. The molecule has 140 valence electrons. The number of hydrogen-bond donors (Lipinski definition) is 5. The van der Waals surface area contributed by atoms with Crippen LogP contribution in [0.1, 0.15) is 15.9 Å². The molecule has 4 rings (SSSR count). The van der Waals surface area contributed by atoms with Crippen molar-refractivity contribution in [2.24, 2.45) is 10.7 Å². The van der Waals surface area contributed by atoms with Crippen molar-refractivity contribution in [2.75, 3.05) is 18.4 Å². The van der Waals surface area contributed by atoms with E-state index in [1.54, 1.807) is 12.1 Å². The Labute approximate surface area is 161 Å². The summed E-state index contributed by atoms with van der Waals surface area (Å²) < 4.78 is 0. The summed E-state index contributed by atoms with van der Waals surface area (Å²) in [5, 5.41) is 26.0. The van der Waals surface area contributed by atoms with Crippen LogP contribution < -0.4 is 16.4 Å². The predicted octanol–water partition coefficient (Wildman–Crippen LogP) is 2.86. The molecule has 0 atom stereocenters. The number of guanidine groups is 1. The number of nitrogens with one attached hydrogen (secondary N) is 3. The molecule has 0 saturated carbocycles. The average Bonchev–Trinajstić information content (AvgIpc) is 3.19. The van der Waals surface area contributed by atoms with Crippen LogP contribution in [-0.4, -0.2) is 36.0 Å². The zero-order chi connectivity index (χ0) is 19.7. The monoisotopic (exact) mass is 373 g/mol. The van der Waals surface area contributed by atoms with Crippen molar-refractivity contribution in [2.45, 2.75) is 0 Å². The number of carbonyl (C=O) groups is 1. The summed E-state index contributed by atoms with van der Waals surface area (Å²) in [6, 6.07) is 16.9. The van der Waals surface area contributed by atoms with E-state index in [-0.39, 0.29) is 17.0 Å². The fourth-order valence-electron chi connectivity index (χ4n) is 3.45. The summed E-state index contributed by atoms with van der Waals surface area (Å²) in [6.45, 7) is 1.41. The Kier molecular flexibility index (Phi) is 4.41. The van der Waals surface area contributed by atoms with Gasteiger partial charge in [-0.3, -0.25) is 10.4 Å². The number of rotatable bonds is 4. The van der Waals surface area contributed by atoms with Crippen molar-refractivity contribution >= 4 is 34.2 Å². The molecule has 0 aromatic heterocycles. The molecule has 0 radical (unpaired) electrons. The summed E-state index contributed by atoms with van der Waals surface area (Å²) >= 11 is 0. The van der Waals surface area contributed by atoms with E-state index in [1.807, 2.05) is 42.5 Å². The molecule has 0 spiro atoms. The Morgan fingerprint density at radius 2 is 1.93 bits per heavy atom. The molecule has 1 aliphatic rings. The number of anilines is 1. The Hall–Kier alpha value is -3.87. The average molecular weight is 373 g/mol. The third kappa shape index (κ3) is 3.14. The van der Waals surface area contributed by atoms with Crippen molar-refractivity contribution in [1.29, 1.82) is 5.41 Å². The van der Waals surface area contributed by atoms with Gasteiger partial charge in [0.2, 0.25) is 0 Å². The van der Waals surface area contributed by atoms with Crippen LogP contribution >= 0.6 is 0 Å². The number of benzene rings is 3. The van der Waals surface area contributed by atoms with Crippen LogP contribution in [-0.2, 0) is 0 Å². The Bertz CT molecular complexity index is 1130. The lowest BCUT2D eigenvalue weighted by atomic mass is 9.91. The quantitative estimate of drug-likeness (QED) is 0.355. The first-order valence-corrected chi connectivity index (χ1v) is 8.84. The van der Waals surface area contributed by atoms with E-state index in [4.69, 9.17) is 11.1 Å². The van der Waals surface area contributed by atoms with Crippen LogP contribution in [0.2, 0.25) is 0 Å². The van der Waals surface area contributed by atoms with Crippen LogP contribution in [0.5, 0.6) is 0 Å². The molecule has 0 saturated heterocycles. The van der Waals surface area contributed by atoms with Crippen LogP contribution in [0.4, 0.5) is 5.69 Å². The van der Waals surface area contributed by atoms with Crippen molar-refractivity contribution in [3.8, 4) is 11.1 Å². The number of fused-ring (bicyclic) bond motifs is 1. The molecule has 6 N–H and O–H groups in total. The van der Waals surface area contributed by atoms with Crippen LogP contribution in [0.25, 0.3) is 21.9 Å². The molecule has 1 heterocycles. The summed E-state index contributed by atoms with van der Waals surface area (Å²) in [7, 11) is 0. The van der Waals surface area contributed by atoms with Gasteiger partial charge >= 0.3 is 5.97 Å². The lowest BCUT2D eigenvalue weighted by molar-refractivity contribution is 0.0697. The second-order valence-electron chi connectivity index (χ2n) is 6.47. The van der Waals surface area contributed by atoms with Gasteiger partial charge in [0.1, 0.15) is 5.84 Å². The second-order valence-corrected chi connectivity index (χ2v) is 6.47. The summed E-state index contributed by atoms with van der Waals surface area (Å²) in [6.07, 6.45) is 0. The number of aliphatic imine (C=N–C) groups is 1. The second kappa shape index (κ2) is 7.03. The Morgan fingerprint density at radius 1 is 1.14 bits per heavy atom. The maximum atomic E-state index is 12.1. The van der Waals surface area contributed by atoms with E-state index < -0.39 is 5.97 Å². The maximum absolute atomic E-state index is 12.1. The molecule has 3 aromatic carbocycles. The highest BCUT2D eigenvalue weighted by molar-refractivity contribution is 6.13. The number of carboxylic acid groups (broad SMARTS) is 1. The third-order valence-corrected chi connectivity index (χ3v) is 4.66. The minimum Gasteiger partial charge on any atom is -0.478 e. The van der Waals surface area contributed by atoms with Gasteiger partial charge in [0.05, 0.1) is 12.1 Å².